The standard InChI is InChI=1S/C21H23N3O/c1-15(16-6-9-22-10-7-16)13-24-20-5-4-17(25-3)12-18(20)19-14-23(2)11-8-21(19)24/h4-7,9-10,12H,1,8,11,13-14H2,2-3H3. The molecule has 0 aliphatic carbocycles. The fourth-order valence-corrected chi connectivity index (χ4v) is 3.74. The second kappa shape index (κ2) is 6.37. The number of aromatic nitrogens is 2. The van der Waals surface area contributed by atoms with Crippen LogP contribution in [0.4, 0.5) is 0 Å². The zero-order chi connectivity index (χ0) is 17.4. The van der Waals surface area contributed by atoms with Crippen molar-refractivity contribution >= 4 is 16.5 Å². The number of nitrogens with zero attached hydrogens (tertiary/aromatic N) is 3. The summed E-state index contributed by atoms with van der Waals surface area (Å²) in [6, 6.07) is 10.4. The van der Waals surface area contributed by atoms with E-state index in [-0.39, 0.29) is 0 Å². The third kappa shape index (κ3) is 2.83. The van der Waals surface area contributed by atoms with Crippen LogP contribution >= 0.6 is 0 Å². The Balaban J connectivity index is 1.82. The third-order valence-corrected chi connectivity index (χ3v) is 5.09. The number of ether oxygens (including phenoxy) is 1. The quantitative estimate of drug-likeness (QED) is 0.728. The molecule has 0 radical (unpaired) electrons. The van der Waals surface area contributed by atoms with Gasteiger partial charge >= 0.3 is 0 Å². The summed E-state index contributed by atoms with van der Waals surface area (Å²) >= 11 is 0. The van der Waals surface area contributed by atoms with E-state index in [9.17, 15) is 0 Å². The Hall–Kier alpha value is -2.59. The topological polar surface area (TPSA) is 30.3 Å². The maximum Gasteiger partial charge on any atom is 0.119 e. The van der Waals surface area contributed by atoms with Crippen LogP contribution in [0, 0.1) is 0 Å². The number of hydrogen-bond donors (Lipinski definition) is 0. The Kier molecular flexibility index (Phi) is 4.06. The van der Waals surface area contributed by atoms with Gasteiger partial charge in [0.2, 0.25) is 0 Å². The Labute approximate surface area is 148 Å². The zero-order valence-corrected chi connectivity index (χ0v) is 14.8. The van der Waals surface area contributed by atoms with Gasteiger partial charge in [-0.05, 0) is 54.1 Å². The van der Waals surface area contributed by atoms with Gasteiger partial charge in [0, 0.05) is 55.0 Å². The summed E-state index contributed by atoms with van der Waals surface area (Å²) in [4.78, 5) is 6.48. The lowest BCUT2D eigenvalue weighted by molar-refractivity contribution is 0.310. The highest BCUT2D eigenvalue weighted by Crippen LogP contribution is 2.34. The lowest BCUT2D eigenvalue weighted by Crippen LogP contribution is -2.27. The van der Waals surface area contributed by atoms with Gasteiger partial charge in [-0.25, -0.2) is 0 Å². The molecule has 0 saturated heterocycles. The Morgan fingerprint density at radius 3 is 2.80 bits per heavy atom. The van der Waals surface area contributed by atoms with Gasteiger partial charge in [0.15, 0.2) is 0 Å². The van der Waals surface area contributed by atoms with Gasteiger partial charge < -0.3 is 14.2 Å². The van der Waals surface area contributed by atoms with Crippen molar-refractivity contribution in [2.45, 2.75) is 19.5 Å². The van der Waals surface area contributed by atoms with Crippen LogP contribution in [0.25, 0.3) is 16.5 Å². The first-order valence-electron chi connectivity index (χ1n) is 8.62. The molecular formula is C21H23N3O. The van der Waals surface area contributed by atoms with Crippen LogP contribution in [0.3, 0.4) is 0 Å². The molecule has 25 heavy (non-hydrogen) atoms. The molecule has 0 atom stereocenters. The first kappa shape index (κ1) is 15.9. The molecule has 1 aromatic carbocycles. The minimum Gasteiger partial charge on any atom is -0.497 e. The average molecular weight is 333 g/mol. The van der Waals surface area contributed by atoms with Crippen LogP contribution in [-0.4, -0.2) is 35.2 Å². The maximum absolute atomic E-state index is 5.45. The van der Waals surface area contributed by atoms with Crippen molar-refractivity contribution in [3.05, 3.63) is 66.1 Å². The lowest BCUT2D eigenvalue weighted by atomic mass is 10.0. The molecule has 3 aromatic rings. The van der Waals surface area contributed by atoms with E-state index < -0.39 is 0 Å². The molecule has 0 fully saturated rings. The molecule has 0 amide bonds. The van der Waals surface area contributed by atoms with E-state index >= 15 is 0 Å². The molecule has 1 aliphatic heterocycles. The fraction of sp³-hybridized carbons (Fsp3) is 0.286. The highest BCUT2D eigenvalue weighted by Gasteiger charge is 2.23. The first-order valence-corrected chi connectivity index (χ1v) is 8.62. The van der Waals surface area contributed by atoms with Crippen LogP contribution in [0.1, 0.15) is 16.8 Å². The minimum absolute atomic E-state index is 0.798. The van der Waals surface area contributed by atoms with Gasteiger partial charge in [-0.3, -0.25) is 4.98 Å². The van der Waals surface area contributed by atoms with Gasteiger partial charge in [0.1, 0.15) is 5.75 Å². The number of pyridine rings is 1. The van der Waals surface area contributed by atoms with Gasteiger partial charge in [0.25, 0.3) is 0 Å². The third-order valence-electron chi connectivity index (χ3n) is 5.09. The van der Waals surface area contributed by atoms with Crippen molar-refractivity contribution in [1.29, 1.82) is 0 Å². The fourth-order valence-electron chi connectivity index (χ4n) is 3.74. The van der Waals surface area contributed by atoms with Crippen molar-refractivity contribution in [3.63, 3.8) is 0 Å². The summed E-state index contributed by atoms with van der Waals surface area (Å²) in [7, 11) is 3.91. The summed E-state index contributed by atoms with van der Waals surface area (Å²) in [5.41, 5.74) is 6.36. The van der Waals surface area contributed by atoms with Gasteiger partial charge in [-0.2, -0.15) is 0 Å². The van der Waals surface area contributed by atoms with E-state index in [1.165, 1.54) is 22.2 Å². The van der Waals surface area contributed by atoms with E-state index in [2.05, 4.69) is 40.2 Å². The largest absolute Gasteiger partial charge is 0.497 e. The summed E-state index contributed by atoms with van der Waals surface area (Å²) in [5, 5.41) is 1.29. The number of likely N-dealkylation sites (N-methyl/N-ethyl adjacent to an activating group) is 1. The predicted molar refractivity (Wildman–Crippen MR) is 102 cm³/mol. The smallest absolute Gasteiger partial charge is 0.119 e. The van der Waals surface area contributed by atoms with Gasteiger partial charge in [0.05, 0.1) is 7.11 Å². The highest BCUT2D eigenvalue weighted by molar-refractivity contribution is 5.88. The second-order valence-corrected chi connectivity index (χ2v) is 6.72. The van der Waals surface area contributed by atoms with Crippen LogP contribution in [0.2, 0.25) is 0 Å². The molecule has 0 unspecified atom stereocenters. The number of fused-ring (bicyclic) bond motifs is 3. The number of methoxy groups -OCH3 is 1. The Morgan fingerprint density at radius 2 is 2.04 bits per heavy atom. The van der Waals surface area contributed by atoms with E-state index in [4.69, 9.17) is 4.74 Å². The number of hydrogen-bond acceptors (Lipinski definition) is 3. The van der Waals surface area contributed by atoms with Crippen molar-refractivity contribution < 1.29 is 4.74 Å². The molecule has 4 rings (SSSR count). The number of benzene rings is 1. The molecular weight excluding hydrogens is 310 g/mol. The van der Waals surface area contributed by atoms with Crippen LogP contribution in [0.5, 0.6) is 5.75 Å². The summed E-state index contributed by atoms with van der Waals surface area (Å²) < 4.78 is 7.88. The normalized spacial score (nSPS) is 14.5. The van der Waals surface area contributed by atoms with Crippen molar-refractivity contribution in [1.82, 2.24) is 14.5 Å². The zero-order valence-electron chi connectivity index (χ0n) is 14.8. The summed E-state index contributed by atoms with van der Waals surface area (Å²) in [6.45, 7) is 7.18. The SMILES string of the molecule is C=C(Cn1c2c(c3cc(OC)ccc31)CN(C)CC2)c1ccncc1. The van der Waals surface area contributed by atoms with Crippen LogP contribution < -0.4 is 4.74 Å². The molecule has 128 valence electrons. The molecule has 1 aliphatic rings. The molecule has 3 heterocycles. The predicted octanol–water partition coefficient (Wildman–Crippen LogP) is 3.75. The molecule has 4 nitrogen and oxygen atoms in total. The molecule has 0 N–H and O–H groups in total. The van der Waals surface area contributed by atoms with Crippen molar-refractivity contribution in [2.24, 2.45) is 0 Å². The van der Waals surface area contributed by atoms with Crippen LogP contribution in [0.15, 0.2) is 49.3 Å². The van der Waals surface area contributed by atoms with E-state index in [1.54, 1.807) is 7.11 Å². The molecule has 2 aromatic heterocycles. The van der Waals surface area contributed by atoms with Gasteiger partial charge in [-0.1, -0.05) is 6.58 Å². The van der Waals surface area contributed by atoms with E-state index in [0.29, 0.717) is 0 Å². The Bertz CT molecular complexity index is 927. The van der Waals surface area contributed by atoms with Gasteiger partial charge in [-0.15, -0.1) is 0 Å². The molecule has 0 saturated carbocycles. The summed E-state index contributed by atoms with van der Waals surface area (Å²) in [6.07, 6.45) is 4.71. The maximum atomic E-state index is 5.45. The summed E-state index contributed by atoms with van der Waals surface area (Å²) in [5.74, 6) is 0.911. The molecule has 0 bridgehead atoms. The average Bonchev–Trinajstić information content (AvgIpc) is 2.95. The number of rotatable bonds is 4. The molecule has 4 heteroatoms. The Morgan fingerprint density at radius 1 is 1.24 bits per heavy atom. The van der Waals surface area contributed by atoms with Crippen LogP contribution in [-0.2, 0) is 19.5 Å². The number of allylic oxidation sites excluding steroid dienone is 1. The van der Waals surface area contributed by atoms with Crippen molar-refractivity contribution in [3.8, 4) is 5.75 Å². The van der Waals surface area contributed by atoms with Crippen molar-refractivity contribution in [2.75, 3.05) is 20.7 Å². The van der Waals surface area contributed by atoms with E-state index in [0.717, 1.165) is 42.9 Å². The lowest BCUT2D eigenvalue weighted by Gasteiger charge is -2.24. The van der Waals surface area contributed by atoms with E-state index in [1.807, 2.05) is 30.6 Å². The first-order chi connectivity index (χ1) is 12.2. The molecule has 0 spiro atoms. The minimum atomic E-state index is 0.798. The second-order valence-electron chi connectivity index (χ2n) is 6.72. The monoisotopic (exact) mass is 333 g/mol. The highest BCUT2D eigenvalue weighted by atomic mass is 16.5.